The molecule has 0 saturated heterocycles. The molecule has 0 unspecified atom stereocenters. The van der Waals surface area contributed by atoms with E-state index in [4.69, 9.17) is 10.8 Å². The number of likely N-dealkylation sites (N-methyl/N-ethyl adjacent to an activating group) is 1. The first kappa shape index (κ1) is 13.5. The van der Waals surface area contributed by atoms with Gasteiger partial charge < -0.3 is 15.7 Å². The lowest BCUT2D eigenvalue weighted by Gasteiger charge is -2.19. The number of rotatable bonds is 5. The number of nitrogens with zero attached hydrogens (tertiary/aromatic N) is 3. The zero-order chi connectivity index (χ0) is 13.0. The van der Waals surface area contributed by atoms with Gasteiger partial charge in [-0.3, -0.25) is 9.48 Å². The third-order valence-corrected chi connectivity index (χ3v) is 2.74. The SMILES string of the molecule is CCc1nn(C)c(C(=O)N(CC)CCO)c1N. The standard InChI is InChI=1S/C11H20N4O2/c1-4-8-9(12)10(14(3)13-8)11(17)15(5-2)6-7-16/h16H,4-7,12H2,1-3H3. The van der Waals surface area contributed by atoms with Gasteiger partial charge in [-0.25, -0.2) is 0 Å². The Morgan fingerprint density at radius 2 is 2.18 bits per heavy atom. The van der Waals surface area contributed by atoms with Gasteiger partial charge in [0.2, 0.25) is 0 Å². The summed E-state index contributed by atoms with van der Waals surface area (Å²) in [6.07, 6.45) is 0.694. The van der Waals surface area contributed by atoms with E-state index in [0.29, 0.717) is 30.9 Å². The highest BCUT2D eigenvalue weighted by molar-refractivity contribution is 5.98. The maximum atomic E-state index is 12.2. The van der Waals surface area contributed by atoms with Crippen molar-refractivity contribution >= 4 is 11.6 Å². The third kappa shape index (κ3) is 2.58. The van der Waals surface area contributed by atoms with Crippen molar-refractivity contribution in [3.8, 4) is 0 Å². The van der Waals surface area contributed by atoms with Gasteiger partial charge in [0, 0.05) is 20.1 Å². The van der Waals surface area contributed by atoms with Crippen LogP contribution in [0.2, 0.25) is 0 Å². The Balaban J connectivity index is 3.06. The lowest BCUT2D eigenvalue weighted by Crippen LogP contribution is -2.35. The molecule has 0 bridgehead atoms. The summed E-state index contributed by atoms with van der Waals surface area (Å²) in [5.41, 5.74) is 7.48. The van der Waals surface area contributed by atoms with E-state index in [0.717, 1.165) is 5.69 Å². The summed E-state index contributed by atoms with van der Waals surface area (Å²) >= 11 is 0. The molecule has 1 heterocycles. The van der Waals surface area contributed by atoms with Crippen molar-refractivity contribution in [3.05, 3.63) is 11.4 Å². The van der Waals surface area contributed by atoms with Crippen LogP contribution in [0.1, 0.15) is 30.0 Å². The number of nitrogens with two attached hydrogens (primary N) is 1. The fourth-order valence-corrected chi connectivity index (χ4v) is 1.78. The van der Waals surface area contributed by atoms with E-state index in [1.54, 1.807) is 11.9 Å². The molecule has 0 aromatic carbocycles. The Morgan fingerprint density at radius 3 is 2.59 bits per heavy atom. The topological polar surface area (TPSA) is 84.4 Å². The second kappa shape index (κ2) is 5.67. The van der Waals surface area contributed by atoms with Crippen LogP contribution in [0.15, 0.2) is 0 Å². The van der Waals surface area contributed by atoms with Crippen LogP contribution in [0.4, 0.5) is 5.69 Å². The largest absolute Gasteiger partial charge is 0.395 e. The molecular formula is C11H20N4O2. The second-order valence-corrected chi connectivity index (χ2v) is 3.79. The van der Waals surface area contributed by atoms with Crippen LogP contribution in [0, 0.1) is 0 Å². The molecule has 0 radical (unpaired) electrons. The number of carbonyl (C=O) groups excluding carboxylic acids is 1. The van der Waals surface area contributed by atoms with E-state index in [1.807, 2.05) is 13.8 Å². The summed E-state index contributed by atoms with van der Waals surface area (Å²) < 4.78 is 1.51. The van der Waals surface area contributed by atoms with Crippen molar-refractivity contribution < 1.29 is 9.90 Å². The Hall–Kier alpha value is -1.56. The number of nitrogen functional groups attached to an aromatic ring is 1. The van der Waals surface area contributed by atoms with Crippen LogP contribution in [0.25, 0.3) is 0 Å². The molecule has 0 aliphatic carbocycles. The lowest BCUT2D eigenvalue weighted by molar-refractivity contribution is 0.0722. The highest BCUT2D eigenvalue weighted by Gasteiger charge is 2.22. The molecule has 6 nitrogen and oxygen atoms in total. The van der Waals surface area contributed by atoms with Crippen LogP contribution in [0.5, 0.6) is 0 Å². The third-order valence-electron chi connectivity index (χ3n) is 2.74. The average Bonchev–Trinajstić information content (AvgIpc) is 2.60. The highest BCUT2D eigenvalue weighted by Crippen LogP contribution is 2.18. The molecule has 1 aromatic heterocycles. The maximum Gasteiger partial charge on any atom is 0.274 e. The summed E-state index contributed by atoms with van der Waals surface area (Å²) in [7, 11) is 1.70. The molecule has 3 N–H and O–H groups in total. The van der Waals surface area contributed by atoms with Gasteiger partial charge in [-0.2, -0.15) is 5.10 Å². The molecule has 96 valence electrons. The van der Waals surface area contributed by atoms with Gasteiger partial charge in [0.1, 0.15) is 5.69 Å². The van der Waals surface area contributed by atoms with Crippen LogP contribution in [-0.4, -0.2) is 45.4 Å². The highest BCUT2D eigenvalue weighted by atomic mass is 16.3. The normalized spacial score (nSPS) is 10.6. The number of aliphatic hydroxyl groups excluding tert-OH is 1. The molecule has 1 rings (SSSR count). The molecule has 1 amide bonds. The summed E-state index contributed by atoms with van der Waals surface area (Å²) in [5, 5.41) is 13.1. The molecular weight excluding hydrogens is 220 g/mol. The Labute approximate surface area is 101 Å². The van der Waals surface area contributed by atoms with Gasteiger partial charge in [-0.05, 0) is 13.3 Å². The van der Waals surface area contributed by atoms with Gasteiger partial charge in [0.15, 0.2) is 0 Å². The Kier molecular flexibility index (Phi) is 4.51. The van der Waals surface area contributed by atoms with Crippen molar-refractivity contribution in [2.75, 3.05) is 25.4 Å². The van der Waals surface area contributed by atoms with E-state index in [-0.39, 0.29) is 12.5 Å². The van der Waals surface area contributed by atoms with Gasteiger partial charge in [0.05, 0.1) is 18.0 Å². The molecule has 0 saturated carbocycles. The number of anilines is 1. The van der Waals surface area contributed by atoms with Crippen LogP contribution >= 0.6 is 0 Å². The Morgan fingerprint density at radius 1 is 1.53 bits per heavy atom. The van der Waals surface area contributed by atoms with E-state index in [2.05, 4.69) is 5.10 Å². The molecule has 6 heteroatoms. The number of carbonyl (C=O) groups is 1. The summed E-state index contributed by atoms with van der Waals surface area (Å²) in [4.78, 5) is 13.8. The van der Waals surface area contributed by atoms with Gasteiger partial charge in [-0.1, -0.05) is 6.92 Å². The van der Waals surface area contributed by atoms with Gasteiger partial charge in [-0.15, -0.1) is 0 Å². The fraction of sp³-hybridized carbons (Fsp3) is 0.636. The number of amides is 1. The number of aryl methyl sites for hydroxylation is 2. The summed E-state index contributed by atoms with van der Waals surface area (Å²) in [6, 6.07) is 0. The Bertz CT molecular complexity index is 400. The number of hydrogen-bond donors (Lipinski definition) is 2. The van der Waals surface area contributed by atoms with E-state index < -0.39 is 0 Å². The van der Waals surface area contributed by atoms with Crippen molar-refractivity contribution in [1.82, 2.24) is 14.7 Å². The van der Waals surface area contributed by atoms with E-state index in [1.165, 1.54) is 4.68 Å². The minimum absolute atomic E-state index is 0.0576. The van der Waals surface area contributed by atoms with Gasteiger partial charge in [0.25, 0.3) is 5.91 Å². The van der Waals surface area contributed by atoms with Crippen molar-refractivity contribution in [1.29, 1.82) is 0 Å². The fourth-order valence-electron chi connectivity index (χ4n) is 1.78. The minimum atomic E-state index is -0.186. The molecule has 0 aliphatic heterocycles. The van der Waals surface area contributed by atoms with Crippen LogP contribution in [0.3, 0.4) is 0 Å². The van der Waals surface area contributed by atoms with Crippen molar-refractivity contribution in [2.45, 2.75) is 20.3 Å². The molecule has 17 heavy (non-hydrogen) atoms. The monoisotopic (exact) mass is 240 g/mol. The number of aliphatic hydroxyl groups is 1. The quantitative estimate of drug-likeness (QED) is 0.760. The first-order valence-corrected chi connectivity index (χ1v) is 5.78. The minimum Gasteiger partial charge on any atom is -0.395 e. The molecule has 1 aromatic rings. The lowest BCUT2D eigenvalue weighted by atomic mass is 10.2. The predicted molar refractivity (Wildman–Crippen MR) is 65.7 cm³/mol. The van der Waals surface area contributed by atoms with Crippen LogP contribution in [-0.2, 0) is 13.5 Å². The molecule has 0 aliphatic rings. The van der Waals surface area contributed by atoms with Crippen molar-refractivity contribution in [3.63, 3.8) is 0 Å². The zero-order valence-electron chi connectivity index (χ0n) is 10.6. The smallest absolute Gasteiger partial charge is 0.274 e. The zero-order valence-corrected chi connectivity index (χ0v) is 10.6. The first-order chi connectivity index (χ1) is 8.06. The molecule has 0 atom stereocenters. The van der Waals surface area contributed by atoms with Crippen LogP contribution < -0.4 is 5.73 Å². The molecule has 0 spiro atoms. The average molecular weight is 240 g/mol. The maximum absolute atomic E-state index is 12.2. The summed E-state index contributed by atoms with van der Waals surface area (Å²) in [6.45, 7) is 4.59. The molecule has 0 fully saturated rings. The number of aromatic nitrogens is 2. The van der Waals surface area contributed by atoms with E-state index >= 15 is 0 Å². The summed E-state index contributed by atoms with van der Waals surface area (Å²) in [5.74, 6) is -0.186. The number of hydrogen-bond acceptors (Lipinski definition) is 4. The second-order valence-electron chi connectivity index (χ2n) is 3.79. The van der Waals surface area contributed by atoms with Crippen molar-refractivity contribution in [2.24, 2.45) is 7.05 Å². The van der Waals surface area contributed by atoms with Gasteiger partial charge >= 0.3 is 0 Å². The first-order valence-electron chi connectivity index (χ1n) is 5.78. The predicted octanol–water partition coefficient (Wildman–Crippen LogP) is 0.0191. The van der Waals surface area contributed by atoms with E-state index in [9.17, 15) is 4.79 Å².